The van der Waals surface area contributed by atoms with E-state index >= 15 is 0 Å². The molecule has 0 aliphatic heterocycles. The molecule has 0 aliphatic carbocycles. The van der Waals surface area contributed by atoms with Crippen LogP contribution >= 0.6 is 15.9 Å². The third-order valence-electron chi connectivity index (χ3n) is 2.16. The van der Waals surface area contributed by atoms with Gasteiger partial charge in [0.25, 0.3) is 0 Å². The summed E-state index contributed by atoms with van der Waals surface area (Å²) in [5.74, 6) is 0.284. The molecule has 0 bridgehead atoms. The second kappa shape index (κ2) is 4.26. The summed E-state index contributed by atoms with van der Waals surface area (Å²) in [6.45, 7) is 3.77. The molecule has 3 heteroatoms. The predicted molar refractivity (Wildman–Crippen MR) is 67.7 cm³/mol. The molecule has 2 aromatic rings. The van der Waals surface area contributed by atoms with E-state index < -0.39 is 0 Å². The van der Waals surface area contributed by atoms with Crippen LogP contribution in [0.2, 0.25) is 0 Å². The number of ketones is 1. The van der Waals surface area contributed by atoms with Crippen LogP contribution in [-0.4, -0.2) is 5.78 Å². The second-order valence-corrected chi connectivity index (χ2v) is 4.71. The first-order chi connectivity index (χ1) is 7.58. The zero-order chi connectivity index (χ0) is 11.7. The van der Waals surface area contributed by atoms with Crippen LogP contribution in [0.4, 0.5) is 0 Å². The number of rotatable bonds is 2. The maximum atomic E-state index is 11.8. The Morgan fingerprint density at radius 3 is 2.75 bits per heavy atom. The molecule has 0 N–H and O–H groups in total. The van der Waals surface area contributed by atoms with Gasteiger partial charge in [-0.1, -0.05) is 17.7 Å². The first-order valence-electron chi connectivity index (χ1n) is 4.95. The maximum Gasteiger partial charge on any atom is 0.220 e. The molecule has 1 aromatic heterocycles. The number of hydrogen-bond acceptors (Lipinski definition) is 2. The van der Waals surface area contributed by atoms with Crippen LogP contribution in [0.25, 0.3) is 11.0 Å². The van der Waals surface area contributed by atoms with Gasteiger partial charge in [-0.25, -0.2) is 0 Å². The summed E-state index contributed by atoms with van der Waals surface area (Å²) >= 11 is 3.39. The molecule has 2 nitrogen and oxygen atoms in total. The SMILES string of the molecule is CC(C)=CC(=O)c1cc2cccc(Br)c2o1. The molecular formula is C13H11BrO2. The van der Waals surface area contributed by atoms with Crippen molar-refractivity contribution < 1.29 is 9.21 Å². The van der Waals surface area contributed by atoms with E-state index in [-0.39, 0.29) is 5.78 Å². The fourth-order valence-corrected chi connectivity index (χ4v) is 1.94. The van der Waals surface area contributed by atoms with Gasteiger partial charge in [0.2, 0.25) is 5.78 Å². The van der Waals surface area contributed by atoms with Crippen LogP contribution in [0.1, 0.15) is 24.4 Å². The van der Waals surface area contributed by atoms with Crippen molar-refractivity contribution >= 4 is 32.7 Å². The van der Waals surface area contributed by atoms with E-state index in [0.29, 0.717) is 11.3 Å². The van der Waals surface area contributed by atoms with Crippen LogP contribution in [0, 0.1) is 0 Å². The molecule has 82 valence electrons. The van der Waals surface area contributed by atoms with Gasteiger partial charge in [-0.05, 0) is 48.0 Å². The number of fused-ring (bicyclic) bond motifs is 1. The summed E-state index contributed by atoms with van der Waals surface area (Å²) in [5, 5.41) is 0.930. The van der Waals surface area contributed by atoms with Crippen molar-refractivity contribution in [3.63, 3.8) is 0 Å². The van der Waals surface area contributed by atoms with Crippen molar-refractivity contribution in [2.75, 3.05) is 0 Å². The van der Waals surface area contributed by atoms with Gasteiger partial charge in [0, 0.05) is 5.39 Å². The third kappa shape index (κ3) is 2.09. The van der Waals surface area contributed by atoms with Gasteiger partial charge in [0.15, 0.2) is 5.76 Å². The zero-order valence-electron chi connectivity index (χ0n) is 9.08. The molecule has 0 radical (unpaired) electrons. The Bertz CT molecular complexity index is 575. The average molecular weight is 279 g/mol. The molecule has 1 heterocycles. The van der Waals surface area contributed by atoms with Gasteiger partial charge < -0.3 is 4.42 Å². The van der Waals surface area contributed by atoms with E-state index in [1.807, 2.05) is 32.0 Å². The molecule has 0 aliphatic rings. The molecule has 0 unspecified atom stereocenters. The highest BCUT2D eigenvalue weighted by molar-refractivity contribution is 9.10. The molecule has 1 aromatic carbocycles. The lowest BCUT2D eigenvalue weighted by Crippen LogP contribution is -1.91. The van der Waals surface area contributed by atoms with Gasteiger partial charge in [-0.15, -0.1) is 0 Å². The summed E-state index contributed by atoms with van der Waals surface area (Å²) in [5.41, 5.74) is 1.68. The summed E-state index contributed by atoms with van der Waals surface area (Å²) in [7, 11) is 0. The lowest BCUT2D eigenvalue weighted by atomic mass is 10.2. The summed E-state index contributed by atoms with van der Waals surface area (Å²) in [4.78, 5) is 11.8. The molecule has 0 atom stereocenters. The molecule has 2 rings (SSSR count). The Balaban J connectivity index is 2.52. The van der Waals surface area contributed by atoms with Gasteiger partial charge >= 0.3 is 0 Å². The predicted octanol–water partition coefficient (Wildman–Crippen LogP) is 4.34. The summed E-state index contributed by atoms with van der Waals surface area (Å²) in [6.07, 6.45) is 1.58. The Labute approximate surface area is 102 Å². The number of hydrogen-bond donors (Lipinski definition) is 0. The number of allylic oxidation sites excluding steroid dienone is 2. The van der Waals surface area contributed by atoms with Crippen LogP contribution < -0.4 is 0 Å². The Morgan fingerprint density at radius 2 is 2.12 bits per heavy atom. The quantitative estimate of drug-likeness (QED) is 0.604. The second-order valence-electron chi connectivity index (χ2n) is 3.85. The zero-order valence-corrected chi connectivity index (χ0v) is 10.7. The van der Waals surface area contributed by atoms with Crippen molar-refractivity contribution in [3.8, 4) is 0 Å². The van der Waals surface area contributed by atoms with Crippen molar-refractivity contribution in [1.29, 1.82) is 0 Å². The normalized spacial score (nSPS) is 10.4. The molecule has 0 amide bonds. The minimum atomic E-state index is -0.0944. The first-order valence-corrected chi connectivity index (χ1v) is 5.74. The van der Waals surface area contributed by atoms with Crippen molar-refractivity contribution in [2.24, 2.45) is 0 Å². The van der Waals surface area contributed by atoms with Gasteiger partial charge in [0.1, 0.15) is 5.58 Å². The highest BCUT2D eigenvalue weighted by atomic mass is 79.9. The number of furan rings is 1. The van der Waals surface area contributed by atoms with Gasteiger partial charge in [-0.3, -0.25) is 4.79 Å². The highest BCUT2D eigenvalue weighted by Gasteiger charge is 2.11. The third-order valence-corrected chi connectivity index (χ3v) is 2.78. The lowest BCUT2D eigenvalue weighted by molar-refractivity contribution is 0.102. The Kier molecular flexibility index (Phi) is 2.97. The number of carbonyl (C=O) groups is 1. The first kappa shape index (κ1) is 11.1. The van der Waals surface area contributed by atoms with Crippen LogP contribution in [0.3, 0.4) is 0 Å². The number of benzene rings is 1. The minimum Gasteiger partial charge on any atom is -0.451 e. The fraction of sp³-hybridized carbons (Fsp3) is 0.154. The topological polar surface area (TPSA) is 30.2 Å². The van der Waals surface area contributed by atoms with Gasteiger partial charge in [0.05, 0.1) is 4.47 Å². The van der Waals surface area contributed by atoms with E-state index in [1.165, 1.54) is 0 Å². The minimum absolute atomic E-state index is 0.0944. The Hall–Kier alpha value is -1.35. The number of carbonyl (C=O) groups excluding carboxylic acids is 1. The average Bonchev–Trinajstić information content (AvgIpc) is 2.61. The highest BCUT2D eigenvalue weighted by Crippen LogP contribution is 2.27. The summed E-state index contributed by atoms with van der Waals surface area (Å²) in [6, 6.07) is 7.49. The van der Waals surface area contributed by atoms with Crippen molar-refractivity contribution in [2.45, 2.75) is 13.8 Å². The van der Waals surface area contributed by atoms with Crippen LogP contribution in [-0.2, 0) is 0 Å². The molecule has 0 spiro atoms. The lowest BCUT2D eigenvalue weighted by Gasteiger charge is -1.91. The van der Waals surface area contributed by atoms with E-state index in [0.717, 1.165) is 15.4 Å². The standard InChI is InChI=1S/C13H11BrO2/c1-8(2)6-11(15)12-7-9-4-3-5-10(14)13(9)16-12/h3-7H,1-2H3. The van der Waals surface area contributed by atoms with E-state index in [2.05, 4.69) is 15.9 Å². The molecular weight excluding hydrogens is 268 g/mol. The van der Waals surface area contributed by atoms with E-state index in [9.17, 15) is 4.79 Å². The Morgan fingerprint density at radius 1 is 1.38 bits per heavy atom. The molecule has 16 heavy (non-hydrogen) atoms. The van der Waals surface area contributed by atoms with E-state index in [1.54, 1.807) is 12.1 Å². The smallest absolute Gasteiger partial charge is 0.220 e. The maximum absolute atomic E-state index is 11.8. The molecule has 0 saturated carbocycles. The van der Waals surface area contributed by atoms with Gasteiger partial charge in [-0.2, -0.15) is 0 Å². The number of para-hydroxylation sites is 1. The number of halogens is 1. The van der Waals surface area contributed by atoms with Crippen molar-refractivity contribution in [3.05, 3.63) is 46.1 Å². The van der Waals surface area contributed by atoms with E-state index in [4.69, 9.17) is 4.42 Å². The fourth-order valence-electron chi connectivity index (χ4n) is 1.48. The van der Waals surface area contributed by atoms with Crippen molar-refractivity contribution in [1.82, 2.24) is 0 Å². The van der Waals surface area contributed by atoms with Crippen LogP contribution in [0.5, 0.6) is 0 Å². The monoisotopic (exact) mass is 278 g/mol. The van der Waals surface area contributed by atoms with Crippen LogP contribution in [0.15, 0.2) is 44.8 Å². The largest absolute Gasteiger partial charge is 0.451 e. The molecule has 0 saturated heterocycles. The summed E-state index contributed by atoms with van der Waals surface area (Å²) < 4.78 is 6.38. The molecule has 0 fully saturated rings.